The number of amides is 1. The minimum atomic E-state index is -0.722. The average Bonchev–Trinajstić information content (AvgIpc) is 2.21. The molecule has 16 heavy (non-hydrogen) atoms. The van der Waals surface area contributed by atoms with Crippen LogP contribution < -0.4 is 15.8 Å². The molecule has 88 valence electrons. The summed E-state index contributed by atoms with van der Waals surface area (Å²) in [7, 11) is 0. The van der Waals surface area contributed by atoms with E-state index in [9.17, 15) is 9.18 Å². The first kappa shape index (κ1) is 12.4. The predicted octanol–water partition coefficient (Wildman–Crippen LogP) is 1.65. The van der Waals surface area contributed by atoms with Crippen LogP contribution in [0.5, 0.6) is 5.75 Å². The Bertz CT molecular complexity index is 380. The van der Waals surface area contributed by atoms with E-state index in [0.29, 0.717) is 0 Å². The number of nitrogens with one attached hydrogen (secondary N) is 1. The molecule has 0 atom stereocenters. The van der Waals surface area contributed by atoms with Gasteiger partial charge in [0.2, 0.25) is 0 Å². The molecule has 5 heteroatoms. The second kappa shape index (κ2) is 4.94. The highest BCUT2D eigenvalue weighted by Crippen LogP contribution is 2.15. The molecule has 0 bridgehead atoms. The summed E-state index contributed by atoms with van der Waals surface area (Å²) >= 11 is 0. The molecule has 0 aliphatic carbocycles. The van der Waals surface area contributed by atoms with Crippen molar-refractivity contribution in [1.82, 2.24) is 5.32 Å². The second-order valence-electron chi connectivity index (χ2n) is 4.03. The Morgan fingerprint density at radius 2 is 2.12 bits per heavy atom. The summed E-state index contributed by atoms with van der Waals surface area (Å²) in [5.74, 6) is -0.684. The lowest BCUT2D eigenvalue weighted by atomic mass is 10.1. The highest BCUT2D eigenvalue weighted by atomic mass is 19.1. The van der Waals surface area contributed by atoms with Gasteiger partial charge in [0.25, 0.3) is 0 Å². The van der Waals surface area contributed by atoms with Gasteiger partial charge in [0.05, 0.1) is 0 Å². The lowest BCUT2D eigenvalue weighted by Gasteiger charge is -2.23. The first-order chi connectivity index (χ1) is 7.44. The Hall–Kier alpha value is -1.62. The molecule has 1 amide bonds. The van der Waals surface area contributed by atoms with Gasteiger partial charge in [-0.3, -0.25) is 0 Å². The third-order valence-corrected chi connectivity index (χ3v) is 1.99. The number of nitrogens with two attached hydrogens (primary N) is 1. The van der Waals surface area contributed by atoms with E-state index in [-0.39, 0.29) is 12.3 Å². The van der Waals surface area contributed by atoms with Crippen molar-refractivity contribution in [3.63, 3.8) is 0 Å². The third kappa shape index (κ3) is 3.51. The minimum absolute atomic E-state index is 0.104. The molecular formula is C11H15FN2O2. The fourth-order valence-electron chi connectivity index (χ4n) is 0.980. The molecule has 0 aliphatic rings. The molecule has 1 rings (SSSR count). The van der Waals surface area contributed by atoms with Crippen molar-refractivity contribution in [2.24, 2.45) is 5.73 Å². The zero-order valence-electron chi connectivity index (χ0n) is 9.29. The zero-order chi connectivity index (χ0) is 12.2. The molecule has 0 spiro atoms. The highest BCUT2D eigenvalue weighted by Gasteiger charge is 2.20. The Kier molecular flexibility index (Phi) is 3.84. The Balaban J connectivity index is 2.62. The minimum Gasteiger partial charge on any atom is -0.407 e. The van der Waals surface area contributed by atoms with E-state index >= 15 is 0 Å². The maximum absolute atomic E-state index is 13.1. The number of carbonyl (C=O) groups excluding carboxylic acids is 1. The number of hydrogen-bond donors (Lipinski definition) is 2. The van der Waals surface area contributed by atoms with Crippen molar-refractivity contribution >= 4 is 6.09 Å². The summed E-state index contributed by atoms with van der Waals surface area (Å²) in [5.41, 5.74) is 4.85. The molecular weight excluding hydrogens is 211 g/mol. The van der Waals surface area contributed by atoms with Gasteiger partial charge in [0, 0.05) is 12.1 Å². The number of benzene rings is 1. The van der Waals surface area contributed by atoms with Crippen LogP contribution in [0.25, 0.3) is 0 Å². The summed E-state index contributed by atoms with van der Waals surface area (Å²) < 4.78 is 17.9. The number of ether oxygens (including phenoxy) is 1. The fraction of sp³-hybridized carbons (Fsp3) is 0.364. The number of para-hydroxylation sites is 1. The normalized spacial score (nSPS) is 11.0. The van der Waals surface area contributed by atoms with Crippen molar-refractivity contribution in [3.05, 3.63) is 30.1 Å². The van der Waals surface area contributed by atoms with Gasteiger partial charge >= 0.3 is 6.09 Å². The lowest BCUT2D eigenvalue weighted by molar-refractivity contribution is 0.187. The van der Waals surface area contributed by atoms with Gasteiger partial charge in [0.1, 0.15) is 0 Å². The SMILES string of the molecule is CC(C)(CN)NC(=O)Oc1ccccc1F. The smallest absolute Gasteiger partial charge is 0.407 e. The number of halogens is 1. The average molecular weight is 226 g/mol. The molecule has 1 aromatic rings. The zero-order valence-corrected chi connectivity index (χ0v) is 9.29. The molecule has 3 N–H and O–H groups in total. The maximum Gasteiger partial charge on any atom is 0.413 e. The van der Waals surface area contributed by atoms with E-state index in [1.54, 1.807) is 19.9 Å². The number of rotatable bonds is 3. The van der Waals surface area contributed by atoms with Gasteiger partial charge in [-0.1, -0.05) is 12.1 Å². The van der Waals surface area contributed by atoms with Gasteiger partial charge in [-0.15, -0.1) is 0 Å². The summed E-state index contributed by atoms with van der Waals surface area (Å²) in [5, 5.41) is 2.53. The van der Waals surface area contributed by atoms with Gasteiger partial charge < -0.3 is 15.8 Å². The third-order valence-electron chi connectivity index (χ3n) is 1.99. The van der Waals surface area contributed by atoms with Gasteiger partial charge in [-0.2, -0.15) is 0 Å². The van der Waals surface area contributed by atoms with E-state index in [1.165, 1.54) is 18.2 Å². The predicted molar refractivity (Wildman–Crippen MR) is 58.7 cm³/mol. The van der Waals surface area contributed by atoms with Crippen molar-refractivity contribution < 1.29 is 13.9 Å². The van der Waals surface area contributed by atoms with Crippen LogP contribution in [0.15, 0.2) is 24.3 Å². The Labute approximate surface area is 93.6 Å². The summed E-state index contributed by atoms with van der Waals surface area (Å²) in [6, 6.07) is 5.70. The molecule has 4 nitrogen and oxygen atoms in total. The summed E-state index contributed by atoms with van der Waals surface area (Å²) in [6.45, 7) is 3.75. The monoisotopic (exact) mass is 226 g/mol. The standard InChI is InChI=1S/C11H15FN2O2/c1-11(2,7-13)14-10(15)16-9-6-4-3-5-8(9)12/h3-6H,7,13H2,1-2H3,(H,14,15). The van der Waals surface area contributed by atoms with E-state index in [4.69, 9.17) is 10.5 Å². The van der Waals surface area contributed by atoms with Crippen molar-refractivity contribution in [2.45, 2.75) is 19.4 Å². The van der Waals surface area contributed by atoms with Crippen LogP contribution in [0.3, 0.4) is 0 Å². The fourth-order valence-corrected chi connectivity index (χ4v) is 0.980. The van der Waals surface area contributed by atoms with Crippen LogP contribution in [0.2, 0.25) is 0 Å². The van der Waals surface area contributed by atoms with E-state index < -0.39 is 17.4 Å². The lowest BCUT2D eigenvalue weighted by Crippen LogP contribution is -2.49. The molecule has 0 aromatic heterocycles. The molecule has 0 heterocycles. The van der Waals surface area contributed by atoms with Gasteiger partial charge in [-0.25, -0.2) is 9.18 Å². The van der Waals surface area contributed by atoms with Crippen molar-refractivity contribution in [3.8, 4) is 5.75 Å². The van der Waals surface area contributed by atoms with Gasteiger partial charge in [-0.05, 0) is 26.0 Å². The van der Waals surface area contributed by atoms with E-state index in [2.05, 4.69) is 5.32 Å². The van der Waals surface area contributed by atoms with Crippen LogP contribution in [0.4, 0.5) is 9.18 Å². The molecule has 0 saturated carbocycles. The molecule has 0 unspecified atom stereocenters. The summed E-state index contributed by atoms with van der Waals surface area (Å²) in [4.78, 5) is 11.4. The van der Waals surface area contributed by atoms with E-state index in [1.807, 2.05) is 0 Å². The second-order valence-corrected chi connectivity index (χ2v) is 4.03. The first-order valence-corrected chi connectivity index (χ1v) is 4.89. The van der Waals surface area contributed by atoms with Crippen LogP contribution in [-0.4, -0.2) is 18.2 Å². The molecule has 0 aliphatic heterocycles. The van der Waals surface area contributed by atoms with Crippen molar-refractivity contribution in [1.29, 1.82) is 0 Å². The first-order valence-electron chi connectivity index (χ1n) is 4.89. The Morgan fingerprint density at radius 3 is 2.69 bits per heavy atom. The van der Waals surface area contributed by atoms with Crippen LogP contribution in [-0.2, 0) is 0 Å². The topological polar surface area (TPSA) is 64.3 Å². The molecule has 1 aromatic carbocycles. The molecule has 0 radical (unpaired) electrons. The summed E-state index contributed by atoms with van der Waals surface area (Å²) in [6.07, 6.45) is -0.722. The molecule has 0 saturated heterocycles. The van der Waals surface area contributed by atoms with Gasteiger partial charge in [0.15, 0.2) is 11.6 Å². The van der Waals surface area contributed by atoms with Crippen molar-refractivity contribution in [2.75, 3.05) is 6.54 Å². The van der Waals surface area contributed by atoms with E-state index in [0.717, 1.165) is 0 Å². The van der Waals surface area contributed by atoms with Crippen LogP contribution in [0, 0.1) is 5.82 Å². The number of carbonyl (C=O) groups is 1. The molecule has 0 fully saturated rings. The maximum atomic E-state index is 13.1. The largest absolute Gasteiger partial charge is 0.413 e. The highest BCUT2D eigenvalue weighted by molar-refractivity contribution is 5.71. The van der Waals surface area contributed by atoms with Crippen LogP contribution >= 0.6 is 0 Å². The number of hydrogen-bond acceptors (Lipinski definition) is 3. The van der Waals surface area contributed by atoms with Crippen LogP contribution in [0.1, 0.15) is 13.8 Å². The Morgan fingerprint density at radius 1 is 1.50 bits per heavy atom. The quantitative estimate of drug-likeness (QED) is 0.823.